The Morgan fingerprint density at radius 1 is 1.13 bits per heavy atom. The van der Waals surface area contributed by atoms with Crippen molar-refractivity contribution in [2.24, 2.45) is 4.99 Å². The van der Waals surface area contributed by atoms with Crippen LogP contribution in [0.25, 0.3) is 0 Å². The summed E-state index contributed by atoms with van der Waals surface area (Å²) in [6, 6.07) is 5.71. The number of benzene rings is 1. The highest BCUT2D eigenvalue weighted by atomic mass is 32.2. The van der Waals surface area contributed by atoms with Crippen molar-refractivity contribution in [1.29, 1.82) is 0 Å². The van der Waals surface area contributed by atoms with E-state index in [1.165, 1.54) is 18.9 Å². The molecule has 1 aliphatic heterocycles. The van der Waals surface area contributed by atoms with Gasteiger partial charge in [0.05, 0.1) is 12.3 Å². The maximum absolute atomic E-state index is 12.9. The zero-order chi connectivity index (χ0) is 22.4. The lowest BCUT2D eigenvalue weighted by molar-refractivity contribution is -0.181. The highest BCUT2D eigenvalue weighted by Gasteiger charge is 2.41. The van der Waals surface area contributed by atoms with Crippen LogP contribution in [0.4, 0.5) is 13.2 Å². The van der Waals surface area contributed by atoms with Crippen LogP contribution in [-0.2, 0) is 22.3 Å². The zero-order valence-corrected chi connectivity index (χ0v) is 18.4. The Morgan fingerprint density at radius 3 is 2.20 bits per heavy atom. The summed E-state index contributed by atoms with van der Waals surface area (Å²) >= 11 is 0. The fourth-order valence-corrected chi connectivity index (χ4v) is 3.93. The molecule has 1 atom stereocenters. The van der Waals surface area contributed by atoms with E-state index in [4.69, 9.17) is 0 Å². The Morgan fingerprint density at radius 2 is 1.70 bits per heavy atom. The molecule has 1 unspecified atom stereocenters. The van der Waals surface area contributed by atoms with E-state index in [1.54, 1.807) is 12.1 Å². The molecule has 1 aliphatic rings. The molecule has 1 heterocycles. The summed E-state index contributed by atoms with van der Waals surface area (Å²) in [5, 5.41) is 3.19. The van der Waals surface area contributed by atoms with Crippen LogP contribution in [-0.4, -0.2) is 76.2 Å². The molecule has 30 heavy (non-hydrogen) atoms. The van der Waals surface area contributed by atoms with Gasteiger partial charge in [-0.05, 0) is 32.0 Å². The second kappa shape index (κ2) is 10.5. The highest BCUT2D eigenvalue weighted by molar-refractivity contribution is 7.88. The Balaban J connectivity index is 1.98. The summed E-state index contributed by atoms with van der Waals surface area (Å²) in [5.41, 5.74) is 1.60. The maximum atomic E-state index is 12.9. The number of alkyl halides is 3. The van der Waals surface area contributed by atoms with Crippen LogP contribution in [0.15, 0.2) is 29.3 Å². The fourth-order valence-electron chi connectivity index (χ4n) is 3.15. The third-order valence-corrected chi connectivity index (χ3v) is 6.41. The van der Waals surface area contributed by atoms with Gasteiger partial charge in [-0.3, -0.25) is 4.90 Å². The van der Waals surface area contributed by atoms with E-state index in [9.17, 15) is 21.6 Å². The lowest BCUT2D eigenvalue weighted by Gasteiger charge is -2.39. The van der Waals surface area contributed by atoms with E-state index in [-0.39, 0.29) is 5.75 Å². The molecular weight excluding hydrogens is 419 g/mol. The van der Waals surface area contributed by atoms with Crippen molar-refractivity contribution >= 4 is 16.0 Å². The van der Waals surface area contributed by atoms with Crippen LogP contribution in [0.2, 0.25) is 0 Å². The second-order valence-corrected chi connectivity index (χ2v) is 9.12. The first-order valence-electron chi connectivity index (χ1n) is 9.88. The van der Waals surface area contributed by atoms with Gasteiger partial charge < -0.3 is 10.2 Å². The fraction of sp³-hybridized carbons (Fsp3) is 0.632. The molecular formula is C19H30F3N5O2S. The molecule has 0 spiro atoms. The number of halogens is 3. The van der Waals surface area contributed by atoms with Crippen LogP contribution in [0, 0.1) is 0 Å². The number of rotatable bonds is 7. The molecule has 11 heteroatoms. The summed E-state index contributed by atoms with van der Waals surface area (Å²) in [4.78, 5) is 8.02. The van der Waals surface area contributed by atoms with Gasteiger partial charge in [0.25, 0.3) is 0 Å². The highest BCUT2D eigenvalue weighted by Crippen LogP contribution is 2.25. The second-order valence-electron chi connectivity index (χ2n) is 7.19. The Bertz CT molecular complexity index is 804. The number of hydrogen-bond acceptors (Lipinski definition) is 4. The summed E-state index contributed by atoms with van der Waals surface area (Å²) < 4.78 is 64.3. The van der Waals surface area contributed by atoms with Crippen LogP contribution < -0.4 is 10.0 Å². The third kappa shape index (κ3) is 7.13. The van der Waals surface area contributed by atoms with Gasteiger partial charge in [-0.15, -0.1) is 0 Å². The summed E-state index contributed by atoms with van der Waals surface area (Å²) in [6.07, 6.45) is -4.22. The van der Waals surface area contributed by atoms with E-state index >= 15 is 0 Å². The third-order valence-electron chi connectivity index (χ3n) is 5.07. The van der Waals surface area contributed by atoms with Gasteiger partial charge in [-0.1, -0.05) is 24.3 Å². The predicted molar refractivity (Wildman–Crippen MR) is 112 cm³/mol. The first kappa shape index (κ1) is 24.4. The summed E-state index contributed by atoms with van der Waals surface area (Å²) in [5.74, 6) is 0.578. The van der Waals surface area contributed by atoms with Crippen LogP contribution >= 0.6 is 0 Å². The topological polar surface area (TPSA) is 77.0 Å². The van der Waals surface area contributed by atoms with E-state index < -0.39 is 22.2 Å². The Hall–Kier alpha value is -1.85. The quantitative estimate of drug-likeness (QED) is 0.490. The molecule has 0 saturated carbocycles. The molecule has 0 amide bonds. The van der Waals surface area contributed by atoms with Gasteiger partial charge in [-0.25, -0.2) is 18.1 Å². The number of sulfonamides is 1. The molecule has 0 aliphatic carbocycles. The van der Waals surface area contributed by atoms with Gasteiger partial charge >= 0.3 is 6.18 Å². The van der Waals surface area contributed by atoms with Gasteiger partial charge in [0.15, 0.2) is 5.96 Å². The Kier molecular flexibility index (Phi) is 8.51. The van der Waals surface area contributed by atoms with E-state index in [0.29, 0.717) is 50.8 Å². The molecule has 0 aromatic heterocycles. The number of piperazine rings is 1. The first-order chi connectivity index (χ1) is 14.1. The minimum absolute atomic E-state index is 0.0870. The van der Waals surface area contributed by atoms with Crippen molar-refractivity contribution < 1.29 is 21.6 Å². The molecule has 7 nitrogen and oxygen atoms in total. The molecule has 2 rings (SSSR count). The van der Waals surface area contributed by atoms with E-state index in [1.807, 2.05) is 24.0 Å². The van der Waals surface area contributed by atoms with Crippen molar-refractivity contribution in [2.45, 2.75) is 38.4 Å². The van der Waals surface area contributed by atoms with Crippen molar-refractivity contribution in [3.8, 4) is 0 Å². The van der Waals surface area contributed by atoms with Gasteiger partial charge in [0, 0.05) is 32.7 Å². The van der Waals surface area contributed by atoms with Gasteiger partial charge in [0.2, 0.25) is 10.0 Å². The van der Waals surface area contributed by atoms with E-state index in [2.05, 4.69) is 15.0 Å². The normalized spacial score (nSPS) is 17.8. The molecule has 0 radical (unpaired) electrons. The molecule has 1 aromatic carbocycles. The smallest absolute Gasteiger partial charge is 0.357 e. The van der Waals surface area contributed by atoms with Gasteiger partial charge in [0.1, 0.15) is 6.04 Å². The summed E-state index contributed by atoms with van der Waals surface area (Å²) in [6.45, 7) is 5.74. The maximum Gasteiger partial charge on any atom is 0.403 e. The monoisotopic (exact) mass is 449 g/mol. The van der Waals surface area contributed by atoms with Crippen LogP contribution in [0.5, 0.6) is 0 Å². The molecule has 170 valence electrons. The molecule has 2 N–H and O–H groups in total. The molecule has 1 saturated heterocycles. The SMILES string of the molecule is CCNC(=NCc1ccc(CS(=O)(=O)NC)cc1)N1CCN(C(C)C(F)(F)F)CC1. The lowest BCUT2D eigenvalue weighted by Crippen LogP contribution is -2.56. The van der Waals surface area contributed by atoms with Crippen molar-refractivity contribution in [3.05, 3.63) is 35.4 Å². The zero-order valence-electron chi connectivity index (χ0n) is 17.5. The number of aliphatic imine (C=N–C) groups is 1. The average molecular weight is 450 g/mol. The number of nitrogens with zero attached hydrogens (tertiary/aromatic N) is 3. The number of nitrogens with one attached hydrogen (secondary N) is 2. The average Bonchev–Trinajstić information content (AvgIpc) is 2.71. The minimum atomic E-state index is -4.22. The van der Waals surface area contributed by atoms with Crippen LogP contribution in [0.1, 0.15) is 25.0 Å². The minimum Gasteiger partial charge on any atom is -0.357 e. The standard InChI is InChI=1S/C19H30F3N5O2S/c1-4-24-18(27-11-9-26(10-12-27)15(2)19(20,21)22)25-13-16-5-7-17(8-6-16)14-30(28,29)23-3/h5-8,15,23H,4,9-14H2,1-3H3,(H,24,25). The summed E-state index contributed by atoms with van der Waals surface area (Å²) in [7, 11) is -1.94. The molecule has 0 bridgehead atoms. The lowest BCUT2D eigenvalue weighted by atomic mass is 10.1. The number of hydrogen-bond donors (Lipinski definition) is 2. The molecule has 1 aromatic rings. The number of guanidine groups is 1. The van der Waals surface area contributed by atoms with E-state index in [0.717, 1.165) is 5.56 Å². The van der Waals surface area contributed by atoms with Crippen molar-refractivity contribution in [3.63, 3.8) is 0 Å². The first-order valence-corrected chi connectivity index (χ1v) is 11.5. The van der Waals surface area contributed by atoms with Crippen molar-refractivity contribution in [2.75, 3.05) is 39.8 Å². The van der Waals surface area contributed by atoms with Crippen LogP contribution in [0.3, 0.4) is 0 Å². The Labute approximate surface area is 176 Å². The molecule has 1 fully saturated rings. The van der Waals surface area contributed by atoms with Crippen molar-refractivity contribution in [1.82, 2.24) is 19.8 Å². The predicted octanol–water partition coefficient (Wildman–Crippen LogP) is 1.77. The van der Waals surface area contributed by atoms with Gasteiger partial charge in [-0.2, -0.15) is 13.2 Å². The largest absolute Gasteiger partial charge is 0.403 e.